The van der Waals surface area contributed by atoms with E-state index in [9.17, 15) is 20.4 Å². The molecule has 0 unspecified atom stereocenters. The van der Waals surface area contributed by atoms with Gasteiger partial charge in [-0.25, -0.2) is 0 Å². The van der Waals surface area contributed by atoms with Crippen LogP contribution in [0, 0.1) is 0 Å². The van der Waals surface area contributed by atoms with Gasteiger partial charge in [0.05, 0.1) is 6.61 Å². The van der Waals surface area contributed by atoms with Crippen molar-refractivity contribution in [1.29, 1.82) is 0 Å². The molecule has 1 aromatic rings. The SMILES string of the molecule is CCc1ccc(O[C@@H]2O[C@H](CO)[C@H](O)[C@H](O)[C@H]2O)c(C(C)(C)C)c1. The largest absolute Gasteiger partial charge is 0.462 e. The first-order valence-corrected chi connectivity index (χ1v) is 8.29. The predicted molar refractivity (Wildman–Crippen MR) is 88.9 cm³/mol. The Hall–Kier alpha value is -1.18. The summed E-state index contributed by atoms with van der Waals surface area (Å²) in [5, 5.41) is 39.1. The number of benzene rings is 1. The quantitative estimate of drug-likeness (QED) is 0.645. The van der Waals surface area contributed by atoms with E-state index in [2.05, 4.69) is 33.8 Å². The Morgan fingerprint density at radius 3 is 2.29 bits per heavy atom. The number of aliphatic hydroxyl groups is 4. The van der Waals surface area contributed by atoms with E-state index in [-0.39, 0.29) is 5.41 Å². The lowest BCUT2D eigenvalue weighted by molar-refractivity contribution is -0.277. The van der Waals surface area contributed by atoms with Crippen LogP contribution in [0.4, 0.5) is 0 Å². The monoisotopic (exact) mass is 340 g/mol. The fourth-order valence-electron chi connectivity index (χ4n) is 2.78. The summed E-state index contributed by atoms with van der Waals surface area (Å²) >= 11 is 0. The van der Waals surface area contributed by atoms with Crippen molar-refractivity contribution < 1.29 is 29.9 Å². The van der Waals surface area contributed by atoms with Crippen molar-refractivity contribution in [2.45, 2.75) is 70.2 Å². The van der Waals surface area contributed by atoms with Gasteiger partial charge in [0, 0.05) is 0 Å². The fourth-order valence-corrected chi connectivity index (χ4v) is 2.78. The molecule has 24 heavy (non-hydrogen) atoms. The molecule has 1 fully saturated rings. The molecular formula is C18H28O6. The summed E-state index contributed by atoms with van der Waals surface area (Å²) in [4.78, 5) is 0. The smallest absolute Gasteiger partial charge is 0.229 e. The van der Waals surface area contributed by atoms with E-state index < -0.39 is 37.3 Å². The van der Waals surface area contributed by atoms with Crippen LogP contribution in [-0.4, -0.2) is 57.7 Å². The van der Waals surface area contributed by atoms with E-state index in [1.165, 1.54) is 5.56 Å². The average Bonchev–Trinajstić information content (AvgIpc) is 2.54. The molecule has 1 saturated heterocycles. The normalized spacial score (nSPS) is 31.1. The van der Waals surface area contributed by atoms with E-state index >= 15 is 0 Å². The van der Waals surface area contributed by atoms with Gasteiger partial charge < -0.3 is 29.9 Å². The van der Waals surface area contributed by atoms with Crippen LogP contribution in [-0.2, 0) is 16.6 Å². The Bertz CT molecular complexity index is 551. The molecule has 1 aliphatic heterocycles. The topological polar surface area (TPSA) is 99.4 Å². The molecule has 6 heteroatoms. The maximum Gasteiger partial charge on any atom is 0.229 e. The van der Waals surface area contributed by atoms with Crippen LogP contribution in [0.5, 0.6) is 5.75 Å². The Kier molecular flexibility index (Phi) is 5.88. The molecule has 0 saturated carbocycles. The van der Waals surface area contributed by atoms with Gasteiger partial charge >= 0.3 is 0 Å². The van der Waals surface area contributed by atoms with Crippen molar-refractivity contribution in [3.63, 3.8) is 0 Å². The summed E-state index contributed by atoms with van der Waals surface area (Å²) in [6.07, 6.45) is -5.52. The number of rotatable bonds is 4. The van der Waals surface area contributed by atoms with Crippen molar-refractivity contribution in [3.8, 4) is 5.75 Å². The number of aryl methyl sites for hydroxylation is 1. The number of hydrogen-bond donors (Lipinski definition) is 4. The third-order valence-electron chi connectivity index (χ3n) is 4.35. The minimum atomic E-state index is -1.45. The standard InChI is InChI=1S/C18H28O6/c1-5-10-6-7-12(11(8-10)18(2,3)4)23-17-16(22)15(21)14(20)13(9-19)24-17/h6-8,13-17,19-22H,5,9H2,1-4H3/t13-,14+,15+,16-,17-/m1/s1. The lowest BCUT2D eigenvalue weighted by atomic mass is 9.85. The van der Waals surface area contributed by atoms with E-state index in [1.54, 1.807) is 0 Å². The first kappa shape index (κ1) is 19.1. The second-order valence-corrected chi connectivity index (χ2v) is 7.25. The molecule has 0 bridgehead atoms. The molecule has 1 heterocycles. The van der Waals surface area contributed by atoms with Crippen molar-refractivity contribution >= 4 is 0 Å². The summed E-state index contributed by atoms with van der Waals surface area (Å²) in [7, 11) is 0. The Labute approximate surface area is 142 Å². The zero-order chi connectivity index (χ0) is 18.1. The van der Waals surface area contributed by atoms with Gasteiger partial charge in [0.2, 0.25) is 6.29 Å². The van der Waals surface area contributed by atoms with E-state index in [1.807, 2.05) is 12.1 Å². The molecule has 5 atom stereocenters. The first-order valence-electron chi connectivity index (χ1n) is 8.29. The average molecular weight is 340 g/mol. The van der Waals surface area contributed by atoms with Crippen LogP contribution in [0.1, 0.15) is 38.8 Å². The van der Waals surface area contributed by atoms with Gasteiger partial charge in [0.25, 0.3) is 0 Å². The second kappa shape index (κ2) is 7.37. The van der Waals surface area contributed by atoms with E-state index in [0.29, 0.717) is 5.75 Å². The lowest BCUT2D eigenvalue weighted by Crippen LogP contribution is -2.60. The molecule has 0 amide bonds. The first-order chi connectivity index (χ1) is 11.2. The van der Waals surface area contributed by atoms with Crippen LogP contribution >= 0.6 is 0 Å². The second-order valence-electron chi connectivity index (χ2n) is 7.25. The molecular weight excluding hydrogens is 312 g/mol. The maximum absolute atomic E-state index is 10.1. The summed E-state index contributed by atoms with van der Waals surface area (Å²) in [6, 6.07) is 5.81. The predicted octanol–water partition coefficient (Wildman–Crippen LogP) is 0.725. The Morgan fingerprint density at radius 1 is 1.08 bits per heavy atom. The molecule has 2 rings (SSSR count). The number of hydrogen-bond acceptors (Lipinski definition) is 6. The van der Waals surface area contributed by atoms with Gasteiger partial charge in [-0.15, -0.1) is 0 Å². The van der Waals surface area contributed by atoms with Crippen LogP contribution in [0.15, 0.2) is 18.2 Å². The summed E-state index contributed by atoms with van der Waals surface area (Å²) in [6.45, 7) is 7.76. The van der Waals surface area contributed by atoms with Gasteiger partial charge in [-0.1, -0.05) is 39.8 Å². The number of aliphatic hydroxyl groups excluding tert-OH is 4. The van der Waals surface area contributed by atoms with Crippen molar-refractivity contribution in [3.05, 3.63) is 29.3 Å². The summed E-state index contributed by atoms with van der Waals surface area (Å²) in [5.41, 5.74) is 1.94. The lowest BCUT2D eigenvalue weighted by Gasteiger charge is -2.40. The van der Waals surface area contributed by atoms with Gasteiger partial charge in [0.1, 0.15) is 30.2 Å². The highest BCUT2D eigenvalue weighted by atomic mass is 16.7. The summed E-state index contributed by atoms with van der Waals surface area (Å²) in [5.74, 6) is 0.545. The third kappa shape index (κ3) is 3.90. The highest BCUT2D eigenvalue weighted by Gasteiger charge is 2.45. The highest BCUT2D eigenvalue weighted by Crippen LogP contribution is 2.34. The van der Waals surface area contributed by atoms with Crippen molar-refractivity contribution in [2.24, 2.45) is 0 Å². The maximum atomic E-state index is 10.1. The Balaban J connectivity index is 2.30. The van der Waals surface area contributed by atoms with Crippen molar-refractivity contribution in [2.75, 3.05) is 6.61 Å². The highest BCUT2D eigenvalue weighted by molar-refractivity contribution is 5.41. The molecule has 136 valence electrons. The van der Waals surface area contributed by atoms with Gasteiger partial charge in [-0.3, -0.25) is 0 Å². The Morgan fingerprint density at radius 2 is 1.75 bits per heavy atom. The van der Waals surface area contributed by atoms with Crippen LogP contribution in [0.3, 0.4) is 0 Å². The van der Waals surface area contributed by atoms with Gasteiger partial charge in [-0.2, -0.15) is 0 Å². The van der Waals surface area contributed by atoms with Crippen molar-refractivity contribution in [1.82, 2.24) is 0 Å². The van der Waals surface area contributed by atoms with Crippen LogP contribution in [0.25, 0.3) is 0 Å². The fraction of sp³-hybridized carbons (Fsp3) is 0.667. The van der Waals surface area contributed by atoms with Gasteiger partial charge in [-0.05, 0) is 29.0 Å². The van der Waals surface area contributed by atoms with Gasteiger partial charge in [0.15, 0.2) is 0 Å². The molecule has 0 aliphatic carbocycles. The molecule has 1 aliphatic rings. The van der Waals surface area contributed by atoms with Crippen LogP contribution < -0.4 is 4.74 Å². The third-order valence-corrected chi connectivity index (χ3v) is 4.35. The van der Waals surface area contributed by atoms with E-state index in [0.717, 1.165) is 12.0 Å². The number of ether oxygens (including phenoxy) is 2. The molecule has 6 nitrogen and oxygen atoms in total. The zero-order valence-electron chi connectivity index (χ0n) is 14.6. The zero-order valence-corrected chi connectivity index (χ0v) is 14.6. The molecule has 0 spiro atoms. The minimum absolute atomic E-state index is 0.186. The minimum Gasteiger partial charge on any atom is -0.462 e. The molecule has 0 radical (unpaired) electrons. The molecule has 1 aromatic carbocycles. The molecule has 4 N–H and O–H groups in total. The summed E-state index contributed by atoms with van der Waals surface area (Å²) < 4.78 is 11.2. The van der Waals surface area contributed by atoms with E-state index in [4.69, 9.17) is 9.47 Å². The molecule has 0 aromatic heterocycles. The van der Waals surface area contributed by atoms with Crippen LogP contribution in [0.2, 0.25) is 0 Å².